The molecule has 6 heteroatoms. The number of aromatic nitrogens is 2. The molecule has 2 heterocycles. The van der Waals surface area contributed by atoms with Gasteiger partial charge in [0.05, 0.1) is 0 Å². The lowest BCUT2D eigenvalue weighted by Gasteiger charge is -2.17. The molecule has 0 unspecified atom stereocenters. The van der Waals surface area contributed by atoms with Crippen molar-refractivity contribution in [3.05, 3.63) is 41.7 Å². The first-order chi connectivity index (χ1) is 12.5. The Labute approximate surface area is 155 Å². The smallest absolute Gasteiger partial charge is 0.274 e. The van der Waals surface area contributed by atoms with Crippen LogP contribution in [0.15, 0.2) is 30.3 Å². The van der Waals surface area contributed by atoms with Gasteiger partial charge in [-0.15, -0.1) is 0 Å². The molecule has 0 atom stereocenters. The van der Waals surface area contributed by atoms with Gasteiger partial charge < -0.3 is 15.5 Å². The van der Waals surface area contributed by atoms with Crippen molar-refractivity contribution in [3.63, 3.8) is 0 Å². The van der Waals surface area contributed by atoms with Crippen molar-refractivity contribution in [1.29, 1.82) is 0 Å². The standard InChI is InChI=1S/C20H27N5O/c1-14(2)13-21-20-22-15(3)12-18(24-20)19(26)23-16-6-8-17(9-7-16)25-10-4-5-11-25/h6-9,12,14H,4-5,10-11,13H2,1-3H3,(H,23,26)(H,21,22,24). The molecule has 2 aromatic rings. The predicted molar refractivity (Wildman–Crippen MR) is 106 cm³/mol. The number of hydrogen-bond acceptors (Lipinski definition) is 5. The molecule has 26 heavy (non-hydrogen) atoms. The highest BCUT2D eigenvalue weighted by Gasteiger charge is 2.14. The number of carbonyl (C=O) groups excluding carboxylic acids is 1. The number of nitrogens with zero attached hydrogens (tertiary/aromatic N) is 3. The Hall–Kier alpha value is -2.63. The first kappa shape index (κ1) is 18.2. The third-order valence-corrected chi connectivity index (χ3v) is 4.35. The largest absolute Gasteiger partial charge is 0.372 e. The summed E-state index contributed by atoms with van der Waals surface area (Å²) in [5, 5.41) is 6.09. The van der Waals surface area contributed by atoms with Crippen molar-refractivity contribution in [3.8, 4) is 0 Å². The Morgan fingerprint density at radius 3 is 2.50 bits per heavy atom. The van der Waals surface area contributed by atoms with Crippen LogP contribution >= 0.6 is 0 Å². The summed E-state index contributed by atoms with van der Waals surface area (Å²) < 4.78 is 0. The Bertz CT molecular complexity index is 751. The van der Waals surface area contributed by atoms with E-state index in [-0.39, 0.29) is 5.91 Å². The highest BCUT2D eigenvalue weighted by atomic mass is 16.1. The Balaban J connectivity index is 1.67. The minimum atomic E-state index is -0.225. The lowest BCUT2D eigenvalue weighted by atomic mass is 10.2. The zero-order valence-electron chi connectivity index (χ0n) is 15.7. The van der Waals surface area contributed by atoms with E-state index in [4.69, 9.17) is 0 Å². The lowest BCUT2D eigenvalue weighted by molar-refractivity contribution is 0.102. The SMILES string of the molecule is Cc1cc(C(=O)Nc2ccc(N3CCCC3)cc2)nc(NCC(C)C)n1. The number of carbonyl (C=O) groups is 1. The van der Waals surface area contributed by atoms with Gasteiger partial charge in [-0.3, -0.25) is 4.79 Å². The molecule has 3 rings (SSSR count). The minimum absolute atomic E-state index is 0.225. The summed E-state index contributed by atoms with van der Waals surface area (Å²) in [6, 6.07) is 9.70. The van der Waals surface area contributed by atoms with E-state index in [1.807, 2.05) is 19.1 Å². The molecular formula is C20H27N5O. The van der Waals surface area contributed by atoms with E-state index in [1.54, 1.807) is 6.07 Å². The van der Waals surface area contributed by atoms with Gasteiger partial charge >= 0.3 is 0 Å². The molecule has 1 aromatic carbocycles. The molecule has 1 aromatic heterocycles. The normalized spacial score (nSPS) is 13.9. The lowest BCUT2D eigenvalue weighted by Crippen LogP contribution is -2.18. The van der Waals surface area contributed by atoms with Gasteiger partial charge in [-0.2, -0.15) is 0 Å². The second kappa shape index (κ2) is 8.17. The molecular weight excluding hydrogens is 326 g/mol. The third-order valence-electron chi connectivity index (χ3n) is 4.35. The second-order valence-electron chi connectivity index (χ2n) is 7.19. The van der Waals surface area contributed by atoms with E-state index in [0.717, 1.165) is 31.0 Å². The third kappa shape index (κ3) is 4.71. The molecule has 0 radical (unpaired) electrons. The van der Waals surface area contributed by atoms with Crippen LogP contribution in [0.25, 0.3) is 0 Å². The fourth-order valence-electron chi connectivity index (χ4n) is 2.99. The predicted octanol–water partition coefficient (Wildman–Crippen LogP) is 3.71. The van der Waals surface area contributed by atoms with Crippen LogP contribution in [0.1, 0.15) is 42.9 Å². The monoisotopic (exact) mass is 353 g/mol. The van der Waals surface area contributed by atoms with Gasteiger partial charge in [-0.25, -0.2) is 9.97 Å². The molecule has 1 aliphatic rings. The van der Waals surface area contributed by atoms with Crippen LogP contribution in [0.4, 0.5) is 17.3 Å². The van der Waals surface area contributed by atoms with Gasteiger partial charge in [0.15, 0.2) is 0 Å². The zero-order chi connectivity index (χ0) is 18.5. The van der Waals surface area contributed by atoms with E-state index in [0.29, 0.717) is 17.6 Å². The van der Waals surface area contributed by atoms with E-state index < -0.39 is 0 Å². The molecule has 138 valence electrons. The van der Waals surface area contributed by atoms with Gasteiger partial charge in [0.1, 0.15) is 5.69 Å². The molecule has 0 saturated carbocycles. The zero-order valence-corrected chi connectivity index (χ0v) is 15.7. The highest BCUT2D eigenvalue weighted by Crippen LogP contribution is 2.22. The van der Waals surface area contributed by atoms with Crippen molar-refractivity contribution < 1.29 is 4.79 Å². The molecule has 0 aliphatic carbocycles. The summed E-state index contributed by atoms with van der Waals surface area (Å²) in [7, 11) is 0. The summed E-state index contributed by atoms with van der Waals surface area (Å²) in [4.78, 5) is 23.6. The van der Waals surface area contributed by atoms with E-state index in [1.165, 1.54) is 18.5 Å². The van der Waals surface area contributed by atoms with Gasteiger partial charge in [-0.1, -0.05) is 13.8 Å². The summed E-state index contributed by atoms with van der Waals surface area (Å²) >= 11 is 0. The number of benzene rings is 1. The van der Waals surface area contributed by atoms with Crippen molar-refractivity contribution in [2.45, 2.75) is 33.6 Å². The topological polar surface area (TPSA) is 70.2 Å². The van der Waals surface area contributed by atoms with Gasteiger partial charge in [-0.05, 0) is 56.0 Å². The fourth-order valence-corrected chi connectivity index (χ4v) is 2.99. The van der Waals surface area contributed by atoms with Crippen molar-refractivity contribution in [2.24, 2.45) is 5.92 Å². The van der Waals surface area contributed by atoms with Crippen molar-refractivity contribution in [1.82, 2.24) is 9.97 Å². The highest BCUT2D eigenvalue weighted by molar-refractivity contribution is 6.03. The molecule has 1 fully saturated rings. The first-order valence-electron chi connectivity index (χ1n) is 9.27. The fraction of sp³-hybridized carbons (Fsp3) is 0.450. The number of hydrogen-bond donors (Lipinski definition) is 2. The Kier molecular flexibility index (Phi) is 5.71. The Morgan fingerprint density at radius 2 is 1.85 bits per heavy atom. The van der Waals surface area contributed by atoms with Crippen LogP contribution in [-0.4, -0.2) is 35.5 Å². The number of rotatable bonds is 6. The van der Waals surface area contributed by atoms with Crippen LogP contribution in [0.3, 0.4) is 0 Å². The number of anilines is 3. The van der Waals surface area contributed by atoms with Crippen LogP contribution < -0.4 is 15.5 Å². The van der Waals surface area contributed by atoms with Gasteiger partial charge in [0.2, 0.25) is 5.95 Å². The number of nitrogens with one attached hydrogen (secondary N) is 2. The number of amides is 1. The maximum absolute atomic E-state index is 12.6. The summed E-state index contributed by atoms with van der Waals surface area (Å²) in [5.74, 6) is 0.746. The molecule has 1 amide bonds. The average Bonchev–Trinajstić information content (AvgIpc) is 3.15. The number of aryl methyl sites for hydroxylation is 1. The summed E-state index contributed by atoms with van der Waals surface area (Å²) in [6.07, 6.45) is 2.50. The van der Waals surface area contributed by atoms with Gasteiger partial charge in [0.25, 0.3) is 5.91 Å². The Morgan fingerprint density at radius 1 is 1.15 bits per heavy atom. The molecule has 0 bridgehead atoms. The first-order valence-corrected chi connectivity index (χ1v) is 9.27. The van der Waals surface area contributed by atoms with Crippen LogP contribution in [0.5, 0.6) is 0 Å². The summed E-state index contributed by atoms with van der Waals surface area (Å²) in [5.41, 5.74) is 3.11. The quantitative estimate of drug-likeness (QED) is 0.828. The van der Waals surface area contributed by atoms with Crippen molar-refractivity contribution in [2.75, 3.05) is 35.2 Å². The maximum Gasteiger partial charge on any atom is 0.274 e. The van der Waals surface area contributed by atoms with E-state index in [2.05, 4.69) is 51.5 Å². The maximum atomic E-state index is 12.6. The van der Waals surface area contributed by atoms with E-state index in [9.17, 15) is 4.79 Å². The van der Waals surface area contributed by atoms with Crippen LogP contribution in [-0.2, 0) is 0 Å². The molecule has 1 saturated heterocycles. The van der Waals surface area contributed by atoms with Crippen LogP contribution in [0, 0.1) is 12.8 Å². The molecule has 0 spiro atoms. The van der Waals surface area contributed by atoms with E-state index >= 15 is 0 Å². The molecule has 2 N–H and O–H groups in total. The second-order valence-corrected chi connectivity index (χ2v) is 7.19. The molecule has 1 aliphatic heterocycles. The van der Waals surface area contributed by atoms with Gasteiger partial charge in [0, 0.05) is 36.7 Å². The summed E-state index contributed by atoms with van der Waals surface area (Å²) in [6.45, 7) is 9.08. The van der Waals surface area contributed by atoms with Crippen molar-refractivity contribution >= 4 is 23.2 Å². The van der Waals surface area contributed by atoms with Crippen LogP contribution in [0.2, 0.25) is 0 Å². The minimum Gasteiger partial charge on any atom is -0.372 e. The average molecular weight is 353 g/mol. The molecule has 6 nitrogen and oxygen atoms in total.